The van der Waals surface area contributed by atoms with E-state index in [4.69, 9.17) is 27.9 Å². The zero-order valence-electron chi connectivity index (χ0n) is 12.5. The minimum Gasteiger partial charge on any atom is -0.383 e. The lowest BCUT2D eigenvalue weighted by Gasteiger charge is -2.21. The van der Waals surface area contributed by atoms with Crippen LogP contribution in [0.25, 0.3) is 0 Å². The molecule has 0 fully saturated rings. The first-order chi connectivity index (χ1) is 9.58. The summed E-state index contributed by atoms with van der Waals surface area (Å²) in [4.78, 5) is 2.24. The van der Waals surface area contributed by atoms with Gasteiger partial charge in [-0.15, -0.1) is 0 Å². The minimum absolute atomic E-state index is 0.260. The maximum absolute atomic E-state index is 6.26. The average Bonchev–Trinajstić information content (AvgIpc) is 2.42. The largest absolute Gasteiger partial charge is 0.383 e. The van der Waals surface area contributed by atoms with Crippen molar-refractivity contribution in [2.45, 2.75) is 19.4 Å². The smallest absolute Gasteiger partial charge is 0.0589 e. The van der Waals surface area contributed by atoms with Crippen LogP contribution in [-0.2, 0) is 4.74 Å². The third-order valence-corrected chi connectivity index (χ3v) is 3.87. The Balaban J connectivity index is 2.47. The Kier molecular flexibility index (Phi) is 8.50. The van der Waals surface area contributed by atoms with E-state index in [-0.39, 0.29) is 6.04 Å². The fourth-order valence-electron chi connectivity index (χ4n) is 2.05. The molecule has 3 nitrogen and oxygen atoms in total. The molecule has 0 bridgehead atoms. The van der Waals surface area contributed by atoms with Gasteiger partial charge >= 0.3 is 0 Å². The number of ether oxygens (including phenoxy) is 1. The molecule has 1 aromatic rings. The Labute approximate surface area is 132 Å². The van der Waals surface area contributed by atoms with Crippen molar-refractivity contribution in [2.24, 2.45) is 0 Å². The molecule has 1 aromatic carbocycles. The Morgan fingerprint density at radius 1 is 1.30 bits per heavy atom. The lowest BCUT2D eigenvalue weighted by Crippen LogP contribution is -2.33. The summed E-state index contributed by atoms with van der Waals surface area (Å²) in [6.07, 6.45) is 0.989. The fourth-order valence-corrected chi connectivity index (χ4v) is 2.59. The van der Waals surface area contributed by atoms with Crippen LogP contribution in [0.15, 0.2) is 18.2 Å². The van der Waals surface area contributed by atoms with E-state index in [0.717, 1.165) is 43.2 Å². The van der Waals surface area contributed by atoms with Crippen LogP contribution in [0.2, 0.25) is 10.0 Å². The molecule has 5 heteroatoms. The quantitative estimate of drug-likeness (QED) is 0.752. The molecule has 0 aliphatic heterocycles. The molecule has 0 saturated heterocycles. The maximum atomic E-state index is 6.26. The molecule has 1 atom stereocenters. The van der Waals surface area contributed by atoms with Crippen LogP contribution >= 0.6 is 23.2 Å². The summed E-state index contributed by atoms with van der Waals surface area (Å²) in [5, 5.41) is 4.94. The van der Waals surface area contributed by atoms with Crippen molar-refractivity contribution in [3.05, 3.63) is 33.8 Å². The summed E-state index contributed by atoms with van der Waals surface area (Å²) in [6, 6.07) is 5.95. The molecule has 0 saturated carbocycles. The van der Waals surface area contributed by atoms with Crippen LogP contribution < -0.4 is 5.32 Å². The van der Waals surface area contributed by atoms with Gasteiger partial charge in [-0.25, -0.2) is 0 Å². The number of rotatable bonds is 9. The van der Waals surface area contributed by atoms with E-state index in [1.165, 1.54) is 0 Å². The maximum Gasteiger partial charge on any atom is 0.0589 e. The van der Waals surface area contributed by atoms with Gasteiger partial charge in [-0.2, -0.15) is 0 Å². The van der Waals surface area contributed by atoms with Gasteiger partial charge in [-0.3, -0.25) is 0 Å². The van der Waals surface area contributed by atoms with Crippen LogP contribution in [0.3, 0.4) is 0 Å². The summed E-state index contributed by atoms with van der Waals surface area (Å²) in [6.45, 7) is 5.74. The molecule has 0 aromatic heterocycles. The molecule has 114 valence electrons. The standard InChI is InChI=1S/C15H24Cl2N2O/c1-4-15(13-6-5-12(16)11-14(13)17)18-7-8-19(2)9-10-20-3/h5-6,11,15,18H,4,7-10H2,1-3H3. The van der Waals surface area contributed by atoms with Crippen molar-refractivity contribution in [2.75, 3.05) is 40.4 Å². The van der Waals surface area contributed by atoms with Crippen LogP contribution in [0.5, 0.6) is 0 Å². The minimum atomic E-state index is 0.260. The molecular weight excluding hydrogens is 295 g/mol. The lowest BCUT2D eigenvalue weighted by atomic mass is 10.0. The number of hydrogen-bond acceptors (Lipinski definition) is 3. The van der Waals surface area contributed by atoms with Gasteiger partial charge in [-0.05, 0) is 31.2 Å². The molecule has 0 aliphatic carbocycles. The highest BCUT2D eigenvalue weighted by molar-refractivity contribution is 6.35. The van der Waals surface area contributed by atoms with Crippen LogP contribution in [0.4, 0.5) is 0 Å². The summed E-state index contributed by atoms with van der Waals surface area (Å²) < 4.78 is 5.07. The van der Waals surface area contributed by atoms with E-state index in [0.29, 0.717) is 5.02 Å². The summed E-state index contributed by atoms with van der Waals surface area (Å²) in [5.41, 5.74) is 1.11. The summed E-state index contributed by atoms with van der Waals surface area (Å²) >= 11 is 12.2. The first-order valence-electron chi connectivity index (χ1n) is 6.94. The highest BCUT2D eigenvalue weighted by Crippen LogP contribution is 2.27. The van der Waals surface area contributed by atoms with Crippen LogP contribution in [0, 0.1) is 0 Å². The SMILES string of the molecule is CCC(NCCN(C)CCOC)c1ccc(Cl)cc1Cl. The Morgan fingerprint density at radius 3 is 2.65 bits per heavy atom. The zero-order valence-corrected chi connectivity index (χ0v) is 14.0. The molecular formula is C15H24Cl2N2O. The highest BCUT2D eigenvalue weighted by Gasteiger charge is 2.12. The first kappa shape index (κ1) is 17.7. The molecule has 0 spiro atoms. The molecule has 0 heterocycles. The van der Waals surface area contributed by atoms with Gasteiger partial charge in [0.2, 0.25) is 0 Å². The van der Waals surface area contributed by atoms with Gasteiger partial charge in [0, 0.05) is 42.8 Å². The lowest BCUT2D eigenvalue weighted by molar-refractivity contribution is 0.161. The van der Waals surface area contributed by atoms with Crippen molar-refractivity contribution >= 4 is 23.2 Å². The van der Waals surface area contributed by atoms with Crippen molar-refractivity contribution in [1.29, 1.82) is 0 Å². The van der Waals surface area contributed by atoms with Gasteiger partial charge in [-0.1, -0.05) is 36.2 Å². The van der Waals surface area contributed by atoms with Crippen molar-refractivity contribution in [3.8, 4) is 0 Å². The van der Waals surface area contributed by atoms with Crippen molar-refractivity contribution in [1.82, 2.24) is 10.2 Å². The van der Waals surface area contributed by atoms with Crippen molar-refractivity contribution in [3.63, 3.8) is 0 Å². The highest BCUT2D eigenvalue weighted by atomic mass is 35.5. The second-order valence-electron chi connectivity index (χ2n) is 4.88. The van der Waals surface area contributed by atoms with E-state index in [2.05, 4.69) is 24.2 Å². The van der Waals surface area contributed by atoms with E-state index in [1.54, 1.807) is 13.2 Å². The summed E-state index contributed by atoms with van der Waals surface area (Å²) in [5.74, 6) is 0. The topological polar surface area (TPSA) is 24.5 Å². The van der Waals surface area contributed by atoms with E-state index >= 15 is 0 Å². The van der Waals surface area contributed by atoms with Gasteiger partial charge in [0.1, 0.15) is 0 Å². The Hall–Kier alpha value is -0.320. The van der Waals surface area contributed by atoms with Gasteiger partial charge in [0.05, 0.1) is 6.61 Å². The van der Waals surface area contributed by atoms with Crippen molar-refractivity contribution < 1.29 is 4.74 Å². The number of hydrogen-bond donors (Lipinski definition) is 1. The molecule has 1 N–H and O–H groups in total. The predicted molar refractivity (Wildman–Crippen MR) is 86.9 cm³/mol. The second kappa shape index (κ2) is 9.59. The molecule has 0 amide bonds. The number of likely N-dealkylation sites (N-methyl/N-ethyl adjacent to an activating group) is 1. The number of halogens is 2. The molecule has 1 rings (SSSR count). The number of nitrogens with one attached hydrogen (secondary N) is 1. The molecule has 1 unspecified atom stereocenters. The third kappa shape index (κ3) is 5.98. The number of benzene rings is 1. The van der Waals surface area contributed by atoms with Crippen LogP contribution in [0.1, 0.15) is 24.9 Å². The number of nitrogens with zero attached hydrogens (tertiary/aromatic N) is 1. The van der Waals surface area contributed by atoms with Gasteiger partial charge < -0.3 is 15.0 Å². The number of methoxy groups -OCH3 is 1. The second-order valence-corrected chi connectivity index (χ2v) is 5.72. The third-order valence-electron chi connectivity index (χ3n) is 3.31. The Bertz CT molecular complexity index is 401. The molecule has 0 radical (unpaired) electrons. The van der Waals surface area contributed by atoms with Crippen LogP contribution in [-0.4, -0.2) is 45.3 Å². The van der Waals surface area contributed by atoms with Gasteiger partial charge in [0.15, 0.2) is 0 Å². The molecule has 0 aliphatic rings. The fraction of sp³-hybridized carbons (Fsp3) is 0.600. The summed E-state index contributed by atoms with van der Waals surface area (Å²) in [7, 11) is 3.82. The van der Waals surface area contributed by atoms with Gasteiger partial charge in [0.25, 0.3) is 0 Å². The normalized spacial score (nSPS) is 12.9. The molecule has 20 heavy (non-hydrogen) atoms. The average molecular weight is 319 g/mol. The first-order valence-corrected chi connectivity index (χ1v) is 7.69. The van der Waals surface area contributed by atoms with E-state index < -0.39 is 0 Å². The predicted octanol–water partition coefficient (Wildman–Crippen LogP) is 3.61. The monoisotopic (exact) mass is 318 g/mol. The Morgan fingerprint density at radius 2 is 2.05 bits per heavy atom. The van der Waals surface area contributed by atoms with E-state index in [9.17, 15) is 0 Å². The van der Waals surface area contributed by atoms with E-state index in [1.807, 2.05) is 12.1 Å². The zero-order chi connectivity index (χ0) is 15.0.